The molecular weight excluding hydrogens is 221 g/mol. The number of alkyl halides is 3. The van der Waals surface area contributed by atoms with E-state index in [2.05, 4.69) is 4.98 Å². The van der Waals surface area contributed by atoms with Crippen molar-refractivity contribution in [1.29, 1.82) is 0 Å². The number of pyridine rings is 1. The SMILES string of the molecule is FC(F)(F)C1CN(c2ccccn2)CCO1. The van der Waals surface area contributed by atoms with E-state index in [1.807, 2.05) is 0 Å². The molecule has 1 fully saturated rings. The molecule has 1 saturated heterocycles. The van der Waals surface area contributed by atoms with Crippen LogP contribution in [0.25, 0.3) is 0 Å². The van der Waals surface area contributed by atoms with E-state index in [0.717, 1.165) is 0 Å². The highest BCUT2D eigenvalue weighted by Crippen LogP contribution is 2.27. The van der Waals surface area contributed by atoms with E-state index in [-0.39, 0.29) is 13.2 Å². The second-order valence-electron chi connectivity index (χ2n) is 3.53. The summed E-state index contributed by atoms with van der Waals surface area (Å²) in [5, 5.41) is 0. The van der Waals surface area contributed by atoms with Crippen molar-refractivity contribution in [2.75, 3.05) is 24.6 Å². The van der Waals surface area contributed by atoms with Crippen molar-refractivity contribution in [3.8, 4) is 0 Å². The van der Waals surface area contributed by atoms with Gasteiger partial charge in [0.1, 0.15) is 5.82 Å². The lowest BCUT2D eigenvalue weighted by molar-refractivity contribution is -0.221. The quantitative estimate of drug-likeness (QED) is 0.738. The Morgan fingerprint density at radius 1 is 1.38 bits per heavy atom. The van der Waals surface area contributed by atoms with E-state index in [4.69, 9.17) is 4.74 Å². The Kier molecular flexibility index (Phi) is 3.00. The van der Waals surface area contributed by atoms with Gasteiger partial charge in [-0.25, -0.2) is 4.98 Å². The molecule has 0 N–H and O–H groups in total. The summed E-state index contributed by atoms with van der Waals surface area (Å²) in [7, 11) is 0. The van der Waals surface area contributed by atoms with Gasteiger partial charge in [-0.1, -0.05) is 6.07 Å². The van der Waals surface area contributed by atoms with Crippen molar-refractivity contribution in [3.63, 3.8) is 0 Å². The molecule has 1 aromatic rings. The third-order valence-electron chi connectivity index (χ3n) is 2.40. The third kappa shape index (κ3) is 2.44. The number of rotatable bonds is 1. The monoisotopic (exact) mass is 232 g/mol. The maximum absolute atomic E-state index is 12.5. The Morgan fingerprint density at radius 2 is 2.19 bits per heavy atom. The number of hydrogen-bond acceptors (Lipinski definition) is 3. The maximum atomic E-state index is 12.5. The van der Waals surface area contributed by atoms with Gasteiger partial charge in [-0.2, -0.15) is 13.2 Å². The molecule has 0 saturated carbocycles. The average molecular weight is 232 g/mol. The second-order valence-corrected chi connectivity index (χ2v) is 3.53. The molecule has 1 atom stereocenters. The Labute approximate surface area is 90.8 Å². The topological polar surface area (TPSA) is 25.4 Å². The number of halogens is 3. The predicted octanol–water partition coefficient (Wildman–Crippen LogP) is 1.85. The zero-order valence-corrected chi connectivity index (χ0v) is 8.44. The standard InChI is InChI=1S/C10H11F3N2O/c11-10(12,13)8-7-15(5-6-16-8)9-3-1-2-4-14-9/h1-4,8H,5-7H2. The van der Waals surface area contributed by atoms with Crippen molar-refractivity contribution in [3.05, 3.63) is 24.4 Å². The van der Waals surface area contributed by atoms with Gasteiger partial charge in [0.15, 0.2) is 6.10 Å². The molecule has 1 aliphatic heterocycles. The van der Waals surface area contributed by atoms with Crippen LogP contribution in [0.15, 0.2) is 24.4 Å². The fourth-order valence-corrected chi connectivity index (χ4v) is 1.60. The van der Waals surface area contributed by atoms with Gasteiger partial charge in [0.25, 0.3) is 0 Å². The van der Waals surface area contributed by atoms with E-state index in [9.17, 15) is 13.2 Å². The Bertz CT molecular complexity index is 342. The molecule has 0 amide bonds. The molecule has 1 aromatic heterocycles. The molecule has 0 aromatic carbocycles. The highest BCUT2D eigenvalue weighted by Gasteiger charge is 2.43. The Hall–Kier alpha value is -1.30. The maximum Gasteiger partial charge on any atom is 0.416 e. The highest BCUT2D eigenvalue weighted by atomic mass is 19.4. The summed E-state index contributed by atoms with van der Waals surface area (Å²) in [4.78, 5) is 5.61. The van der Waals surface area contributed by atoms with Crippen LogP contribution in [0.3, 0.4) is 0 Å². The lowest BCUT2D eigenvalue weighted by Crippen LogP contribution is -2.49. The van der Waals surface area contributed by atoms with Gasteiger partial charge in [-0.3, -0.25) is 0 Å². The first-order valence-electron chi connectivity index (χ1n) is 4.91. The van der Waals surface area contributed by atoms with Crippen LogP contribution < -0.4 is 4.90 Å². The molecule has 0 radical (unpaired) electrons. The third-order valence-corrected chi connectivity index (χ3v) is 2.40. The lowest BCUT2D eigenvalue weighted by Gasteiger charge is -2.34. The Morgan fingerprint density at radius 3 is 2.81 bits per heavy atom. The Balaban J connectivity index is 2.08. The summed E-state index contributed by atoms with van der Waals surface area (Å²) in [6.07, 6.45) is -4.47. The zero-order chi connectivity index (χ0) is 11.6. The van der Waals surface area contributed by atoms with Gasteiger partial charge in [-0.05, 0) is 12.1 Å². The van der Waals surface area contributed by atoms with Gasteiger partial charge in [0.2, 0.25) is 0 Å². The van der Waals surface area contributed by atoms with E-state index in [0.29, 0.717) is 12.4 Å². The molecule has 2 heterocycles. The van der Waals surface area contributed by atoms with E-state index in [1.54, 1.807) is 29.3 Å². The van der Waals surface area contributed by atoms with Crippen molar-refractivity contribution in [2.45, 2.75) is 12.3 Å². The smallest absolute Gasteiger partial charge is 0.365 e. The number of ether oxygens (including phenoxy) is 1. The summed E-state index contributed by atoms with van der Waals surface area (Å²) in [5.74, 6) is 0.556. The molecule has 6 heteroatoms. The fraction of sp³-hybridized carbons (Fsp3) is 0.500. The van der Waals surface area contributed by atoms with Crippen LogP contribution in [0.2, 0.25) is 0 Å². The zero-order valence-electron chi connectivity index (χ0n) is 8.44. The van der Waals surface area contributed by atoms with Gasteiger partial charge in [0, 0.05) is 12.7 Å². The van der Waals surface area contributed by atoms with Crippen LogP contribution in [-0.4, -0.2) is 37.0 Å². The largest absolute Gasteiger partial charge is 0.416 e. The average Bonchev–Trinajstić information content (AvgIpc) is 2.29. The molecule has 0 spiro atoms. The first kappa shape index (κ1) is 11.2. The first-order valence-corrected chi connectivity index (χ1v) is 4.91. The predicted molar refractivity (Wildman–Crippen MR) is 52.2 cm³/mol. The van der Waals surface area contributed by atoms with Crippen LogP contribution in [0.4, 0.5) is 19.0 Å². The van der Waals surface area contributed by atoms with E-state index in [1.165, 1.54) is 0 Å². The molecule has 1 aliphatic rings. The molecule has 88 valence electrons. The lowest BCUT2D eigenvalue weighted by atomic mass is 10.2. The number of anilines is 1. The minimum atomic E-state index is -4.31. The van der Waals surface area contributed by atoms with Crippen LogP contribution >= 0.6 is 0 Å². The molecule has 0 bridgehead atoms. The summed E-state index contributed by atoms with van der Waals surface area (Å²) in [6.45, 7) is 0.310. The minimum absolute atomic E-state index is 0.0702. The molecular formula is C10H11F3N2O. The van der Waals surface area contributed by atoms with Crippen LogP contribution in [0.1, 0.15) is 0 Å². The van der Waals surface area contributed by atoms with Crippen LogP contribution in [0.5, 0.6) is 0 Å². The van der Waals surface area contributed by atoms with Crippen LogP contribution in [-0.2, 0) is 4.74 Å². The number of aromatic nitrogens is 1. The molecule has 16 heavy (non-hydrogen) atoms. The van der Waals surface area contributed by atoms with Crippen molar-refractivity contribution in [1.82, 2.24) is 4.98 Å². The summed E-state index contributed by atoms with van der Waals surface area (Å²) in [6, 6.07) is 5.17. The number of hydrogen-bond donors (Lipinski definition) is 0. The highest BCUT2D eigenvalue weighted by molar-refractivity contribution is 5.38. The number of morpholine rings is 1. The summed E-state index contributed by atoms with van der Waals surface area (Å²) < 4.78 is 42.1. The first-order chi connectivity index (χ1) is 7.57. The van der Waals surface area contributed by atoms with E-state index >= 15 is 0 Å². The van der Waals surface area contributed by atoms with Gasteiger partial charge >= 0.3 is 6.18 Å². The van der Waals surface area contributed by atoms with Gasteiger partial charge in [-0.15, -0.1) is 0 Å². The van der Waals surface area contributed by atoms with Gasteiger partial charge < -0.3 is 9.64 Å². The second kappa shape index (κ2) is 4.29. The summed E-state index contributed by atoms with van der Waals surface area (Å²) in [5.41, 5.74) is 0. The van der Waals surface area contributed by atoms with Crippen molar-refractivity contribution < 1.29 is 17.9 Å². The van der Waals surface area contributed by atoms with Crippen molar-refractivity contribution in [2.24, 2.45) is 0 Å². The molecule has 1 unspecified atom stereocenters. The van der Waals surface area contributed by atoms with Crippen LogP contribution in [0, 0.1) is 0 Å². The minimum Gasteiger partial charge on any atom is -0.365 e. The van der Waals surface area contributed by atoms with Crippen molar-refractivity contribution >= 4 is 5.82 Å². The molecule has 2 rings (SSSR count). The molecule has 3 nitrogen and oxygen atoms in total. The van der Waals surface area contributed by atoms with E-state index < -0.39 is 12.3 Å². The number of nitrogens with zero attached hydrogens (tertiary/aromatic N) is 2. The normalized spacial score (nSPS) is 22.2. The fourth-order valence-electron chi connectivity index (χ4n) is 1.60. The molecule has 0 aliphatic carbocycles. The van der Waals surface area contributed by atoms with Gasteiger partial charge in [0.05, 0.1) is 13.2 Å². The summed E-state index contributed by atoms with van der Waals surface area (Å²) >= 11 is 0.